The van der Waals surface area contributed by atoms with E-state index in [4.69, 9.17) is 8.92 Å². The number of hydrogen-bond donors (Lipinski definition) is 1. The van der Waals surface area contributed by atoms with Gasteiger partial charge in [0.1, 0.15) is 5.76 Å². The van der Waals surface area contributed by atoms with E-state index in [2.05, 4.69) is 33.7 Å². The van der Waals surface area contributed by atoms with Gasteiger partial charge in [0.2, 0.25) is 0 Å². The van der Waals surface area contributed by atoms with Crippen molar-refractivity contribution >= 4 is 12.9 Å². The first-order valence-electron chi connectivity index (χ1n) is 5.04. The van der Waals surface area contributed by atoms with Crippen molar-refractivity contribution in [2.24, 2.45) is 0 Å². The van der Waals surface area contributed by atoms with Crippen LogP contribution in [0.5, 0.6) is 0 Å². The zero-order valence-corrected chi connectivity index (χ0v) is 10.8. The lowest BCUT2D eigenvalue weighted by atomic mass is 9.99. The van der Waals surface area contributed by atoms with E-state index in [-0.39, 0.29) is 5.60 Å². The van der Waals surface area contributed by atoms with Crippen LogP contribution >= 0.6 is 12.9 Å². The Bertz CT molecular complexity index is 197. The van der Waals surface area contributed by atoms with Crippen LogP contribution in [0.3, 0.4) is 0 Å². The quantitative estimate of drug-likeness (QED) is 0.416. The second kappa shape index (κ2) is 6.36. The minimum absolute atomic E-state index is 0.0487. The van der Waals surface area contributed by atoms with Crippen molar-refractivity contribution in [1.82, 2.24) is 0 Å². The molecule has 0 atom stereocenters. The predicted molar refractivity (Wildman–Crippen MR) is 63.4 cm³/mol. The van der Waals surface area contributed by atoms with Crippen molar-refractivity contribution in [3.63, 3.8) is 0 Å². The van der Waals surface area contributed by atoms with E-state index >= 15 is 0 Å². The van der Waals surface area contributed by atoms with Crippen molar-refractivity contribution in [2.75, 3.05) is 6.61 Å². The van der Waals surface area contributed by atoms with E-state index in [9.17, 15) is 0 Å². The molecule has 2 nitrogen and oxygen atoms in total. The molecule has 0 heterocycles. The van der Waals surface area contributed by atoms with Crippen molar-refractivity contribution < 1.29 is 8.92 Å². The fraction of sp³-hybridized carbons (Fsp3) is 0.818. The molecule has 0 aliphatic heterocycles. The molecule has 0 aromatic carbocycles. The molecule has 0 spiro atoms. The molecule has 0 aromatic heterocycles. The summed E-state index contributed by atoms with van der Waals surface area (Å²) in [6.07, 6.45) is 1.99. The summed E-state index contributed by atoms with van der Waals surface area (Å²) in [5, 5.41) is 0. The lowest BCUT2D eigenvalue weighted by molar-refractivity contribution is -0.0159. The number of ether oxygens (including phenoxy) is 1. The maximum absolute atomic E-state index is 5.61. The summed E-state index contributed by atoms with van der Waals surface area (Å²) in [7, 11) is 0. The molecule has 3 heteroatoms. The summed E-state index contributed by atoms with van der Waals surface area (Å²) >= 11 is 3.77. The van der Waals surface area contributed by atoms with E-state index < -0.39 is 0 Å². The van der Waals surface area contributed by atoms with Crippen LogP contribution in [-0.2, 0) is 8.92 Å². The third-order valence-electron chi connectivity index (χ3n) is 2.38. The normalized spacial score (nSPS) is 13.9. The van der Waals surface area contributed by atoms with Gasteiger partial charge >= 0.3 is 0 Å². The van der Waals surface area contributed by atoms with Gasteiger partial charge in [0.05, 0.1) is 5.60 Å². The van der Waals surface area contributed by atoms with E-state index in [1.54, 1.807) is 0 Å². The summed E-state index contributed by atoms with van der Waals surface area (Å²) in [4.78, 5) is 0. The van der Waals surface area contributed by atoms with Crippen LogP contribution in [0.15, 0.2) is 11.3 Å². The second-order valence-corrected chi connectivity index (χ2v) is 4.30. The molecule has 0 aliphatic carbocycles. The Kier molecular flexibility index (Phi) is 6.29. The van der Waals surface area contributed by atoms with Gasteiger partial charge in [-0.2, -0.15) is 0 Å². The zero-order chi connectivity index (χ0) is 11.2. The Labute approximate surface area is 93.3 Å². The molecule has 0 N–H and O–H groups in total. The minimum Gasteiger partial charge on any atom is -0.434 e. The fourth-order valence-electron chi connectivity index (χ4n) is 1.21. The second-order valence-electron chi connectivity index (χ2n) is 4.12. The molecule has 0 unspecified atom stereocenters. The molecule has 0 rings (SSSR count). The molecule has 14 heavy (non-hydrogen) atoms. The van der Waals surface area contributed by atoms with Gasteiger partial charge in [-0.3, -0.25) is 0 Å². The lowest BCUT2D eigenvalue weighted by Gasteiger charge is -2.24. The molecule has 0 fully saturated rings. The largest absolute Gasteiger partial charge is 0.434 e. The summed E-state index contributed by atoms with van der Waals surface area (Å²) in [6, 6.07) is 0. The van der Waals surface area contributed by atoms with E-state index in [0.29, 0.717) is 0 Å². The minimum atomic E-state index is -0.0487. The van der Waals surface area contributed by atoms with Crippen LogP contribution in [-0.4, -0.2) is 12.2 Å². The number of allylic oxidation sites excluding steroid dienone is 2. The summed E-state index contributed by atoms with van der Waals surface area (Å²) in [5.41, 5.74) is 1.18. The Morgan fingerprint density at radius 2 is 1.86 bits per heavy atom. The van der Waals surface area contributed by atoms with Crippen LogP contribution in [0.2, 0.25) is 0 Å². The van der Waals surface area contributed by atoms with E-state index in [0.717, 1.165) is 25.2 Å². The Balaban J connectivity index is 4.05. The Hall–Kier alpha value is -0.150. The van der Waals surface area contributed by atoms with Gasteiger partial charge in [-0.1, -0.05) is 0 Å². The SMILES string of the molecule is CCOC(C)(C)CC/C(C)=C(/C)OS. The van der Waals surface area contributed by atoms with Gasteiger partial charge in [-0.25, -0.2) is 0 Å². The van der Waals surface area contributed by atoms with Gasteiger partial charge in [0.25, 0.3) is 0 Å². The highest BCUT2D eigenvalue weighted by molar-refractivity contribution is 7.75. The molecule has 0 saturated carbocycles. The maximum Gasteiger partial charge on any atom is 0.109 e. The summed E-state index contributed by atoms with van der Waals surface area (Å²) in [6.45, 7) is 11.0. The Morgan fingerprint density at radius 1 is 1.29 bits per heavy atom. The number of hydrogen-bond acceptors (Lipinski definition) is 3. The molecule has 0 saturated heterocycles. The highest BCUT2D eigenvalue weighted by Crippen LogP contribution is 2.21. The van der Waals surface area contributed by atoms with Crippen molar-refractivity contribution in [1.29, 1.82) is 0 Å². The monoisotopic (exact) mass is 218 g/mol. The third-order valence-corrected chi connectivity index (χ3v) is 2.65. The van der Waals surface area contributed by atoms with Crippen LogP contribution in [0.1, 0.15) is 47.5 Å². The van der Waals surface area contributed by atoms with Gasteiger partial charge in [-0.05, 0) is 53.0 Å². The average Bonchev–Trinajstić information content (AvgIpc) is 2.13. The average molecular weight is 218 g/mol. The highest BCUT2D eigenvalue weighted by atomic mass is 32.1. The molecule has 0 amide bonds. The molecular formula is C11H22O2S. The standard InChI is InChI=1S/C11H22O2S/c1-6-12-11(4,5)8-7-9(2)10(3)13-14/h14H,6-8H2,1-5H3/b10-9-. The number of rotatable bonds is 6. The Morgan fingerprint density at radius 3 is 2.29 bits per heavy atom. The van der Waals surface area contributed by atoms with Gasteiger partial charge in [-0.15, -0.1) is 0 Å². The van der Waals surface area contributed by atoms with Crippen LogP contribution < -0.4 is 0 Å². The lowest BCUT2D eigenvalue weighted by Crippen LogP contribution is -2.24. The first kappa shape index (κ1) is 13.8. The van der Waals surface area contributed by atoms with Crippen molar-refractivity contribution in [3.05, 3.63) is 11.3 Å². The van der Waals surface area contributed by atoms with Crippen molar-refractivity contribution in [2.45, 2.75) is 53.1 Å². The van der Waals surface area contributed by atoms with Gasteiger partial charge in [0.15, 0.2) is 0 Å². The smallest absolute Gasteiger partial charge is 0.109 e. The first-order valence-corrected chi connectivity index (χ1v) is 5.41. The molecular weight excluding hydrogens is 196 g/mol. The van der Waals surface area contributed by atoms with E-state index in [1.165, 1.54) is 5.57 Å². The fourth-order valence-corrected chi connectivity index (χ4v) is 1.36. The summed E-state index contributed by atoms with van der Waals surface area (Å²) in [5.74, 6) is 0.889. The molecule has 0 bridgehead atoms. The van der Waals surface area contributed by atoms with Gasteiger partial charge in [0, 0.05) is 19.5 Å². The predicted octanol–water partition coefficient (Wildman–Crippen LogP) is 3.74. The third kappa shape index (κ3) is 5.55. The van der Waals surface area contributed by atoms with Crippen LogP contribution in [0.25, 0.3) is 0 Å². The maximum atomic E-state index is 5.61. The molecule has 0 radical (unpaired) electrons. The first-order chi connectivity index (χ1) is 6.43. The summed E-state index contributed by atoms with van der Waals surface area (Å²) < 4.78 is 10.5. The molecule has 0 aliphatic rings. The number of thiol groups is 1. The highest BCUT2D eigenvalue weighted by Gasteiger charge is 2.17. The molecule has 84 valence electrons. The van der Waals surface area contributed by atoms with E-state index in [1.807, 2.05) is 13.8 Å². The van der Waals surface area contributed by atoms with Crippen LogP contribution in [0.4, 0.5) is 0 Å². The molecule has 0 aromatic rings. The zero-order valence-electron chi connectivity index (χ0n) is 9.89. The van der Waals surface area contributed by atoms with Crippen LogP contribution in [0, 0.1) is 0 Å². The topological polar surface area (TPSA) is 18.5 Å². The van der Waals surface area contributed by atoms with Gasteiger partial charge < -0.3 is 8.92 Å². The van der Waals surface area contributed by atoms with Crippen molar-refractivity contribution in [3.8, 4) is 0 Å².